The zero-order valence-corrected chi connectivity index (χ0v) is 13.3. The molecule has 0 radical (unpaired) electrons. The Morgan fingerprint density at radius 1 is 1.00 bits per heavy atom. The van der Waals surface area contributed by atoms with Crippen molar-refractivity contribution in [1.29, 1.82) is 0 Å². The van der Waals surface area contributed by atoms with Gasteiger partial charge in [0.1, 0.15) is 16.7 Å². The van der Waals surface area contributed by atoms with E-state index in [4.69, 9.17) is 0 Å². The first-order valence-electron chi connectivity index (χ1n) is 6.59. The molecule has 0 aliphatic rings. The third-order valence-corrected chi connectivity index (χ3v) is 3.66. The molecule has 0 unspecified atom stereocenters. The normalized spacial score (nSPS) is 10.7. The summed E-state index contributed by atoms with van der Waals surface area (Å²) in [5.41, 5.74) is 2.97. The SMILES string of the molecule is CCNc1nc(C)nc(Sc2nc(C)cc(C)n2)c1C. The number of rotatable bonds is 4. The van der Waals surface area contributed by atoms with Crippen molar-refractivity contribution in [2.24, 2.45) is 0 Å². The van der Waals surface area contributed by atoms with Crippen LogP contribution in [-0.2, 0) is 0 Å². The van der Waals surface area contributed by atoms with Crippen molar-refractivity contribution in [2.75, 3.05) is 11.9 Å². The fraction of sp³-hybridized carbons (Fsp3) is 0.429. The monoisotopic (exact) mass is 289 g/mol. The molecule has 0 aliphatic carbocycles. The zero-order chi connectivity index (χ0) is 14.7. The Bertz CT molecular complexity index is 607. The Hall–Kier alpha value is -1.69. The van der Waals surface area contributed by atoms with E-state index in [0.29, 0.717) is 0 Å². The number of nitrogens with one attached hydrogen (secondary N) is 1. The molecule has 0 saturated heterocycles. The van der Waals surface area contributed by atoms with Crippen LogP contribution in [0.4, 0.5) is 5.82 Å². The van der Waals surface area contributed by atoms with E-state index < -0.39 is 0 Å². The average Bonchev–Trinajstić information content (AvgIpc) is 2.34. The summed E-state index contributed by atoms with van der Waals surface area (Å²) in [6.07, 6.45) is 0. The topological polar surface area (TPSA) is 63.6 Å². The molecule has 0 fully saturated rings. The molecule has 106 valence electrons. The van der Waals surface area contributed by atoms with Crippen LogP contribution in [0.1, 0.15) is 29.7 Å². The van der Waals surface area contributed by atoms with Gasteiger partial charge in [0, 0.05) is 23.5 Å². The Balaban J connectivity index is 2.37. The molecule has 0 aromatic carbocycles. The summed E-state index contributed by atoms with van der Waals surface area (Å²) in [5.74, 6) is 1.63. The van der Waals surface area contributed by atoms with Crippen molar-refractivity contribution in [3.8, 4) is 0 Å². The molecular weight excluding hydrogens is 270 g/mol. The van der Waals surface area contributed by atoms with E-state index in [9.17, 15) is 0 Å². The van der Waals surface area contributed by atoms with Gasteiger partial charge in [0.05, 0.1) is 0 Å². The minimum atomic E-state index is 0.728. The molecule has 6 heteroatoms. The van der Waals surface area contributed by atoms with Gasteiger partial charge in [0.2, 0.25) is 0 Å². The number of anilines is 1. The number of aryl methyl sites for hydroxylation is 3. The smallest absolute Gasteiger partial charge is 0.194 e. The van der Waals surface area contributed by atoms with E-state index in [1.54, 1.807) is 0 Å². The van der Waals surface area contributed by atoms with Crippen LogP contribution in [0.2, 0.25) is 0 Å². The lowest BCUT2D eigenvalue weighted by Crippen LogP contribution is -2.06. The first kappa shape index (κ1) is 14.7. The van der Waals surface area contributed by atoms with Gasteiger partial charge in [0.25, 0.3) is 0 Å². The van der Waals surface area contributed by atoms with Crippen LogP contribution in [-0.4, -0.2) is 26.5 Å². The van der Waals surface area contributed by atoms with Gasteiger partial charge in [0.15, 0.2) is 5.16 Å². The van der Waals surface area contributed by atoms with Crippen LogP contribution >= 0.6 is 11.8 Å². The van der Waals surface area contributed by atoms with Crippen molar-refractivity contribution in [1.82, 2.24) is 19.9 Å². The molecule has 0 atom stereocenters. The average molecular weight is 289 g/mol. The fourth-order valence-corrected chi connectivity index (χ4v) is 2.85. The summed E-state index contributed by atoms with van der Waals surface area (Å²) in [6.45, 7) is 10.7. The number of aromatic nitrogens is 4. The molecule has 20 heavy (non-hydrogen) atoms. The lowest BCUT2D eigenvalue weighted by atomic mass is 10.3. The third-order valence-electron chi connectivity index (χ3n) is 2.71. The second kappa shape index (κ2) is 6.17. The van der Waals surface area contributed by atoms with Gasteiger partial charge in [-0.3, -0.25) is 0 Å². The van der Waals surface area contributed by atoms with Crippen molar-refractivity contribution < 1.29 is 0 Å². The molecule has 0 bridgehead atoms. The Kier molecular flexibility index (Phi) is 4.54. The minimum absolute atomic E-state index is 0.728. The van der Waals surface area contributed by atoms with Crippen LogP contribution in [0.15, 0.2) is 16.2 Å². The molecule has 0 spiro atoms. The van der Waals surface area contributed by atoms with E-state index in [2.05, 4.69) is 32.2 Å². The Morgan fingerprint density at radius 3 is 2.25 bits per heavy atom. The zero-order valence-electron chi connectivity index (χ0n) is 12.5. The lowest BCUT2D eigenvalue weighted by molar-refractivity contribution is 0.886. The van der Waals surface area contributed by atoms with Gasteiger partial charge < -0.3 is 5.32 Å². The number of hydrogen-bond acceptors (Lipinski definition) is 6. The van der Waals surface area contributed by atoms with Crippen LogP contribution in [0.3, 0.4) is 0 Å². The number of nitrogens with zero attached hydrogens (tertiary/aromatic N) is 4. The highest BCUT2D eigenvalue weighted by molar-refractivity contribution is 7.99. The molecule has 2 aromatic heterocycles. The largest absolute Gasteiger partial charge is 0.370 e. The third kappa shape index (κ3) is 3.45. The highest BCUT2D eigenvalue weighted by atomic mass is 32.2. The Labute approximate surface area is 123 Å². The summed E-state index contributed by atoms with van der Waals surface area (Å²) in [7, 11) is 0. The van der Waals surface area contributed by atoms with Crippen molar-refractivity contribution in [3.63, 3.8) is 0 Å². The summed E-state index contributed by atoms with van der Waals surface area (Å²) < 4.78 is 0. The molecule has 0 saturated carbocycles. The molecular formula is C14H19N5S. The Morgan fingerprint density at radius 2 is 1.65 bits per heavy atom. The second-order valence-electron chi connectivity index (χ2n) is 4.62. The van der Waals surface area contributed by atoms with E-state index in [-0.39, 0.29) is 0 Å². The van der Waals surface area contributed by atoms with E-state index in [1.165, 1.54) is 11.8 Å². The number of hydrogen-bond donors (Lipinski definition) is 1. The van der Waals surface area contributed by atoms with E-state index in [0.717, 1.165) is 45.3 Å². The molecule has 2 heterocycles. The van der Waals surface area contributed by atoms with Gasteiger partial charge in [-0.25, -0.2) is 19.9 Å². The highest BCUT2D eigenvalue weighted by Gasteiger charge is 2.12. The second-order valence-corrected chi connectivity index (χ2v) is 5.57. The molecule has 2 rings (SSSR count). The van der Waals surface area contributed by atoms with Crippen molar-refractivity contribution in [3.05, 3.63) is 28.8 Å². The van der Waals surface area contributed by atoms with Crippen molar-refractivity contribution in [2.45, 2.75) is 44.8 Å². The molecule has 0 amide bonds. The van der Waals surface area contributed by atoms with Gasteiger partial charge in [-0.2, -0.15) is 0 Å². The van der Waals surface area contributed by atoms with Gasteiger partial charge in [-0.15, -0.1) is 0 Å². The predicted octanol–water partition coefficient (Wildman–Crippen LogP) is 3.08. The molecule has 1 N–H and O–H groups in total. The maximum atomic E-state index is 4.50. The summed E-state index contributed by atoms with van der Waals surface area (Å²) in [5, 5.41) is 4.89. The fourth-order valence-electron chi connectivity index (χ4n) is 1.87. The van der Waals surface area contributed by atoms with Gasteiger partial charge in [-0.1, -0.05) is 0 Å². The van der Waals surface area contributed by atoms with E-state index >= 15 is 0 Å². The van der Waals surface area contributed by atoms with Gasteiger partial charge in [-0.05, 0) is 52.4 Å². The highest BCUT2D eigenvalue weighted by Crippen LogP contribution is 2.29. The lowest BCUT2D eigenvalue weighted by Gasteiger charge is -2.11. The van der Waals surface area contributed by atoms with Crippen LogP contribution in [0, 0.1) is 27.7 Å². The summed E-state index contributed by atoms with van der Waals surface area (Å²) in [6, 6.07) is 1.96. The molecule has 5 nitrogen and oxygen atoms in total. The maximum Gasteiger partial charge on any atom is 0.194 e. The van der Waals surface area contributed by atoms with Crippen LogP contribution in [0.5, 0.6) is 0 Å². The molecule has 0 aliphatic heterocycles. The maximum absolute atomic E-state index is 4.50. The quantitative estimate of drug-likeness (QED) is 0.689. The van der Waals surface area contributed by atoms with E-state index in [1.807, 2.05) is 33.8 Å². The van der Waals surface area contributed by atoms with Crippen molar-refractivity contribution >= 4 is 17.6 Å². The molecule has 2 aromatic rings. The first-order chi connectivity index (χ1) is 9.49. The first-order valence-corrected chi connectivity index (χ1v) is 7.40. The minimum Gasteiger partial charge on any atom is -0.370 e. The summed E-state index contributed by atoms with van der Waals surface area (Å²) >= 11 is 1.48. The van der Waals surface area contributed by atoms with Crippen LogP contribution in [0.25, 0.3) is 0 Å². The van der Waals surface area contributed by atoms with Gasteiger partial charge >= 0.3 is 0 Å². The summed E-state index contributed by atoms with van der Waals surface area (Å²) in [4.78, 5) is 17.8. The van der Waals surface area contributed by atoms with Crippen LogP contribution < -0.4 is 5.32 Å². The standard InChI is InChI=1S/C14H19N5S/c1-6-15-12-10(4)13(19-11(5)18-12)20-14-16-8(2)7-9(3)17-14/h7H,6H2,1-5H3,(H,15,18,19). The predicted molar refractivity (Wildman–Crippen MR) is 81.3 cm³/mol.